The fraction of sp³-hybridized carbons (Fsp3) is 0.500. The average molecular weight is 319 g/mol. The number of unbranched alkanes of at least 4 members (excludes halogenated alkanes) is 1. The first-order valence-corrected chi connectivity index (χ1v) is 7.39. The van der Waals surface area contributed by atoms with Gasteiger partial charge in [0.05, 0.1) is 16.7 Å². The number of carbonyl (C=O) groups excluding carboxylic acids is 1. The molecule has 1 aromatic carbocycles. The number of hydrogen-bond donors (Lipinski definition) is 2. The van der Waals surface area contributed by atoms with Crippen molar-refractivity contribution in [1.29, 1.82) is 0 Å². The number of nitrogens with one attached hydrogen (secondary N) is 2. The Morgan fingerprint density at radius 1 is 1.30 bits per heavy atom. The lowest BCUT2D eigenvalue weighted by atomic mass is 10.2. The van der Waals surface area contributed by atoms with Crippen LogP contribution in [-0.4, -0.2) is 18.6 Å². The molecule has 0 fully saturated rings. The molecule has 0 aromatic heterocycles. The average Bonchev–Trinajstić information content (AvgIpc) is 2.38. The Hall–Kier alpha value is -0.970. The molecule has 2 N–H and O–H groups in total. The summed E-state index contributed by atoms with van der Waals surface area (Å²) in [5.41, 5.74) is 5.78. The van der Waals surface area contributed by atoms with Gasteiger partial charge in [0.1, 0.15) is 0 Å². The first kappa shape index (κ1) is 17.1. The third-order valence-electron chi connectivity index (χ3n) is 2.48. The molecule has 0 aliphatic heterocycles. The molecule has 0 aliphatic carbocycles. The van der Waals surface area contributed by atoms with Gasteiger partial charge in [-0.3, -0.25) is 10.2 Å². The van der Waals surface area contributed by atoms with Crippen LogP contribution in [0.5, 0.6) is 5.75 Å². The summed E-state index contributed by atoms with van der Waals surface area (Å²) in [7, 11) is 0. The van der Waals surface area contributed by atoms with Crippen LogP contribution >= 0.6 is 23.2 Å². The fourth-order valence-electron chi connectivity index (χ4n) is 1.43. The normalized spacial score (nSPS) is 10.7. The van der Waals surface area contributed by atoms with Crippen LogP contribution in [0.4, 0.5) is 0 Å². The lowest BCUT2D eigenvalue weighted by molar-refractivity contribution is 0.0927. The molecule has 0 saturated heterocycles. The molecular formula is C14H20Cl2N2O2. The largest absolute Gasteiger partial charge is 0.490 e. The molecule has 0 aliphatic rings. The number of halogens is 2. The molecule has 0 bridgehead atoms. The summed E-state index contributed by atoms with van der Waals surface area (Å²) in [6.45, 7) is 6.47. The molecule has 0 spiro atoms. The quantitative estimate of drug-likeness (QED) is 0.593. The molecule has 1 aromatic rings. The second-order valence-electron chi connectivity index (χ2n) is 4.72. The fourth-order valence-corrected chi connectivity index (χ4v) is 2.03. The highest BCUT2D eigenvalue weighted by atomic mass is 35.5. The molecule has 4 nitrogen and oxygen atoms in total. The van der Waals surface area contributed by atoms with Gasteiger partial charge in [0.25, 0.3) is 5.91 Å². The molecule has 20 heavy (non-hydrogen) atoms. The van der Waals surface area contributed by atoms with E-state index >= 15 is 0 Å². The third kappa shape index (κ3) is 5.19. The Bertz CT molecular complexity index is 441. The van der Waals surface area contributed by atoms with Crippen LogP contribution < -0.4 is 15.6 Å². The first-order chi connectivity index (χ1) is 9.45. The number of hydrogen-bond acceptors (Lipinski definition) is 3. The van der Waals surface area contributed by atoms with Gasteiger partial charge in [0, 0.05) is 11.6 Å². The van der Waals surface area contributed by atoms with Gasteiger partial charge in [-0.2, -0.15) is 0 Å². The number of benzene rings is 1. The Kier molecular flexibility index (Phi) is 7.13. The summed E-state index contributed by atoms with van der Waals surface area (Å²) in [4.78, 5) is 11.9. The highest BCUT2D eigenvalue weighted by Gasteiger charge is 2.14. The maximum absolute atomic E-state index is 11.9. The predicted octanol–water partition coefficient (Wildman–Crippen LogP) is 3.82. The van der Waals surface area contributed by atoms with E-state index in [1.54, 1.807) is 12.1 Å². The topological polar surface area (TPSA) is 50.4 Å². The summed E-state index contributed by atoms with van der Waals surface area (Å²) in [5, 5.41) is 0.673. The van der Waals surface area contributed by atoms with Crippen molar-refractivity contribution in [2.45, 2.75) is 39.7 Å². The van der Waals surface area contributed by atoms with Crippen molar-refractivity contribution in [2.24, 2.45) is 0 Å². The molecule has 0 unspecified atom stereocenters. The van der Waals surface area contributed by atoms with Crippen molar-refractivity contribution in [2.75, 3.05) is 6.61 Å². The van der Waals surface area contributed by atoms with E-state index < -0.39 is 0 Å². The summed E-state index contributed by atoms with van der Waals surface area (Å²) in [5.74, 6) is 0.137. The molecule has 112 valence electrons. The van der Waals surface area contributed by atoms with Gasteiger partial charge in [0.15, 0.2) is 5.75 Å². The van der Waals surface area contributed by atoms with Crippen LogP contribution in [0.25, 0.3) is 0 Å². The molecule has 0 saturated carbocycles. The second kappa shape index (κ2) is 8.35. The van der Waals surface area contributed by atoms with Gasteiger partial charge in [0.2, 0.25) is 0 Å². The molecular weight excluding hydrogens is 299 g/mol. The standard InChI is InChI=1S/C14H20Cl2N2O2/c1-4-5-6-20-13-11(15)7-10(8-12(13)16)14(19)18-17-9(2)3/h7-9,17H,4-6H2,1-3H3,(H,18,19). The van der Waals surface area contributed by atoms with Crippen molar-refractivity contribution in [3.63, 3.8) is 0 Å². The highest BCUT2D eigenvalue weighted by Crippen LogP contribution is 2.34. The number of carbonyl (C=O) groups is 1. The number of hydrazine groups is 1. The lowest BCUT2D eigenvalue weighted by Gasteiger charge is -2.13. The van der Waals surface area contributed by atoms with Gasteiger partial charge in [-0.25, -0.2) is 5.43 Å². The first-order valence-electron chi connectivity index (χ1n) is 6.63. The van der Waals surface area contributed by atoms with Gasteiger partial charge in [-0.05, 0) is 32.4 Å². The number of rotatable bonds is 7. The van der Waals surface area contributed by atoms with Crippen molar-refractivity contribution in [1.82, 2.24) is 10.9 Å². The van der Waals surface area contributed by atoms with Crippen molar-refractivity contribution in [3.05, 3.63) is 27.7 Å². The number of ether oxygens (including phenoxy) is 1. The summed E-state index contributed by atoms with van der Waals surface area (Å²) < 4.78 is 5.53. The second-order valence-corrected chi connectivity index (χ2v) is 5.54. The van der Waals surface area contributed by atoms with Crippen molar-refractivity contribution >= 4 is 29.1 Å². The van der Waals surface area contributed by atoms with Gasteiger partial charge in [-0.1, -0.05) is 36.5 Å². The highest BCUT2D eigenvalue weighted by molar-refractivity contribution is 6.37. The van der Waals surface area contributed by atoms with Crippen LogP contribution in [-0.2, 0) is 0 Å². The predicted molar refractivity (Wildman–Crippen MR) is 82.6 cm³/mol. The van der Waals surface area contributed by atoms with Gasteiger partial charge >= 0.3 is 0 Å². The Morgan fingerprint density at radius 2 is 1.90 bits per heavy atom. The molecule has 6 heteroatoms. The van der Waals surface area contributed by atoms with Crippen LogP contribution in [0.15, 0.2) is 12.1 Å². The van der Waals surface area contributed by atoms with E-state index in [4.69, 9.17) is 27.9 Å². The van der Waals surface area contributed by atoms with E-state index in [9.17, 15) is 4.79 Å². The van der Waals surface area contributed by atoms with Gasteiger partial charge < -0.3 is 4.74 Å². The minimum absolute atomic E-state index is 0.140. The summed E-state index contributed by atoms with van der Waals surface area (Å²) in [6, 6.07) is 3.24. The monoisotopic (exact) mass is 318 g/mol. The zero-order valence-electron chi connectivity index (χ0n) is 11.9. The van der Waals surface area contributed by atoms with E-state index in [0.717, 1.165) is 12.8 Å². The van der Waals surface area contributed by atoms with Crippen molar-refractivity contribution in [3.8, 4) is 5.75 Å². The van der Waals surface area contributed by atoms with E-state index in [1.165, 1.54) is 0 Å². The van der Waals surface area contributed by atoms with Crippen LogP contribution in [0.1, 0.15) is 44.0 Å². The molecule has 0 radical (unpaired) electrons. The molecule has 1 rings (SSSR count). The molecule has 1 amide bonds. The smallest absolute Gasteiger partial charge is 0.265 e. The number of amides is 1. The van der Waals surface area contributed by atoms with E-state index in [-0.39, 0.29) is 11.9 Å². The Balaban J connectivity index is 2.79. The van der Waals surface area contributed by atoms with Crippen LogP contribution in [0, 0.1) is 0 Å². The minimum Gasteiger partial charge on any atom is -0.490 e. The maximum Gasteiger partial charge on any atom is 0.265 e. The van der Waals surface area contributed by atoms with Crippen LogP contribution in [0.3, 0.4) is 0 Å². The summed E-state index contributed by atoms with van der Waals surface area (Å²) in [6.07, 6.45) is 1.95. The minimum atomic E-state index is -0.289. The van der Waals surface area contributed by atoms with Gasteiger partial charge in [-0.15, -0.1) is 0 Å². The SMILES string of the molecule is CCCCOc1c(Cl)cc(C(=O)NNC(C)C)cc1Cl. The van der Waals surface area contributed by atoms with Crippen LogP contribution in [0.2, 0.25) is 10.0 Å². The lowest BCUT2D eigenvalue weighted by Crippen LogP contribution is -2.41. The van der Waals surface area contributed by atoms with Crippen molar-refractivity contribution < 1.29 is 9.53 Å². The zero-order chi connectivity index (χ0) is 15.1. The molecule has 0 heterocycles. The third-order valence-corrected chi connectivity index (χ3v) is 3.04. The maximum atomic E-state index is 11.9. The Morgan fingerprint density at radius 3 is 2.40 bits per heavy atom. The zero-order valence-corrected chi connectivity index (χ0v) is 13.4. The molecule has 0 atom stereocenters. The summed E-state index contributed by atoms with van der Waals surface area (Å²) >= 11 is 12.2. The van der Waals surface area contributed by atoms with E-state index in [0.29, 0.717) is 28.0 Å². The Labute approximate surface area is 129 Å². The van der Waals surface area contributed by atoms with E-state index in [2.05, 4.69) is 17.8 Å². The van der Waals surface area contributed by atoms with E-state index in [1.807, 2.05) is 13.8 Å².